The summed E-state index contributed by atoms with van der Waals surface area (Å²) in [5.74, 6) is 6.26. The molecule has 0 bridgehead atoms. The Balaban J connectivity index is 2.23. The summed E-state index contributed by atoms with van der Waals surface area (Å²) in [4.78, 5) is 8.13. The Morgan fingerprint density at radius 3 is 2.62 bits per heavy atom. The van der Waals surface area contributed by atoms with Gasteiger partial charge in [-0.2, -0.15) is 0 Å². The second kappa shape index (κ2) is 4.47. The van der Waals surface area contributed by atoms with Crippen LogP contribution < -0.4 is 11.3 Å². The van der Waals surface area contributed by atoms with Gasteiger partial charge in [0.25, 0.3) is 0 Å². The minimum absolute atomic E-state index is 0.165. The van der Waals surface area contributed by atoms with Gasteiger partial charge in [0.05, 0.1) is 6.04 Å². The van der Waals surface area contributed by atoms with Gasteiger partial charge in [0, 0.05) is 18.0 Å². The minimum atomic E-state index is 0.165. The summed E-state index contributed by atoms with van der Waals surface area (Å²) >= 11 is 0. The number of hydrogen-bond donors (Lipinski definition) is 2. The summed E-state index contributed by atoms with van der Waals surface area (Å²) < 4.78 is 0. The molecule has 0 aliphatic heterocycles. The molecule has 0 aromatic carbocycles. The van der Waals surface area contributed by atoms with E-state index >= 15 is 0 Å². The SMILES string of the molecule is CC1(C)CCCC1C(NN)c1cncnc1. The van der Waals surface area contributed by atoms with Crippen LogP contribution in [0.15, 0.2) is 18.7 Å². The molecular formula is C12H20N4. The van der Waals surface area contributed by atoms with Gasteiger partial charge >= 0.3 is 0 Å². The van der Waals surface area contributed by atoms with E-state index in [-0.39, 0.29) is 6.04 Å². The average molecular weight is 220 g/mol. The van der Waals surface area contributed by atoms with Crippen LogP contribution in [0.1, 0.15) is 44.7 Å². The average Bonchev–Trinajstić information content (AvgIpc) is 2.62. The molecule has 0 spiro atoms. The third kappa shape index (κ3) is 2.08. The monoisotopic (exact) mass is 220 g/mol. The second-order valence-corrected chi connectivity index (χ2v) is 5.30. The molecule has 0 amide bonds. The highest BCUT2D eigenvalue weighted by atomic mass is 15.2. The van der Waals surface area contributed by atoms with E-state index < -0.39 is 0 Å². The topological polar surface area (TPSA) is 63.8 Å². The molecule has 4 nitrogen and oxygen atoms in total. The number of rotatable bonds is 3. The molecule has 1 heterocycles. The molecule has 1 fully saturated rings. The van der Waals surface area contributed by atoms with Crippen molar-refractivity contribution < 1.29 is 0 Å². The van der Waals surface area contributed by atoms with Crippen LogP contribution in [-0.4, -0.2) is 9.97 Å². The van der Waals surface area contributed by atoms with Gasteiger partial charge in [0.1, 0.15) is 6.33 Å². The molecule has 1 aromatic rings. The van der Waals surface area contributed by atoms with Crippen LogP contribution in [0.4, 0.5) is 0 Å². The van der Waals surface area contributed by atoms with Gasteiger partial charge in [-0.1, -0.05) is 20.3 Å². The van der Waals surface area contributed by atoms with Crippen LogP contribution in [0.5, 0.6) is 0 Å². The van der Waals surface area contributed by atoms with Crippen molar-refractivity contribution in [3.63, 3.8) is 0 Å². The molecule has 1 aliphatic carbocycles. The van der Waals surface area contributed by atoms with Crippen LogP contribution in [0.2, 0.25) is 0 Å². The number of hydrogen-bond acceptors (Lipinski definition) is 4. The number of nitrogens with zero attached hydrogens (tertiary/aromatic N) is 2. The van der Waals surface area contributed by atoms with Crippen LogP contribution in [0.25, 0.3) is 0 Å². The van der Waals surface area contributed by atoms with E-state index in [1.807, 2.05) is 12.4 Å². The first-order valence-corrected chi connectivity index (χ1v) is 5.86. The summed E-state index contributed by atoms with van der Waals surface area (Å²) in [6, 6.07) is 0.165. The van der Waals surface area contributed by atoms with E-state index in [0.29, 0.717) is 11.3 Å². The Morgan fingerprint density at radius 2 is 2.12 bits per heavy atom. The van der Waals surface area contributed by atoms with Gasteiger partial charge < -0.3 is 0 Å². The fraction of sp³-hybridized carbons (Fsp3) is 0.667. The van der Waals surface area contributed by atoms with Crippen molar-refractivity contribution in [1.29, 1.82) is 0 Å². The first kappa shape index (κ1) is 11.5. The van der Waals surface area contributed by atoms with Gasteiger partial charge in [0.2, 0.25) is 0 Å². The van der Waals surface area contributed by atoms with E-state index in [1.54, 1.807) is 6.33 Å². The lowest BCUT2D eigenvalue weighted by atomic mass is 9.76. The van der Waals surface area contributed by atoms with E-state index in [1.165, 1.54) is 19.3 Å². The van der Waals surface area contributed by atoms with Gasteiger partial charge in [0.15, 0.2) is 0 Å². The third-order valence-corrected chi connectivity index (χ3v) is 3.86. The van der Waals surface area contributed by atoms with Gasteiger partial charge in [-0.25, -0.2) is 9.97 Å². The van der Waals surface area contributed by atoms with Gasteiger partial charge in [-0.15, -0.1) is 0 Å². The van der Waals surface area contributed by atoms with Gasteiger partial charge in [-0.3, -0.25) is 11.3 Å². The standard InChI is InChI=1S/C12H20N4/c1-12(2)5-3-4-10(12)11(16-13)9-6-14-8-15-7-9/h6-8,10-11,16H,3-5,13H2,1-2H3. The number of nitrogens with two attached hydrogens (primary N) is 1. The van der Waals surface area contributed by atoms with Crippen molar-refractivity contribution >= 4 is 0 Å². The minimum Gasteiger partial charge on any atom is -0.271 e. The van der Waals surface area contributed by atoms with E-state index in [0.717, 1.165) is 5.56 Å². The molecule has 4 heteroatoms. The zero-order valence-electron chi connectivity index (χ0n) is 9.98. The molecule has 3 N–H and O–H groups in total. The summed E-state index contributed by atoms with van der Waals surface area (Å²) in [6.07, 6.45) is 9.03. The normalized spacial score (nSPS) is 25.6. The van der Waals surface area contributed by atoms with Crippen LogP contribution in [0.3, 0.4) is 0 Å². The fourth-order valence-electron chi connectivity index (χ4n) is 2.89. The highest BCUT2D eigenvalue weighted by Crippen LogP contribution is 2.48. The zero-order chi connectivity index (χ0) is 11.6. The Morgan fingerprint density at radius 1 is 1.44 bits per heavy atom. The first-order chi connectivity index (χ1) is 7.65. The van der Waals surface area contributed by atoms with E-state index in [9.17, 15) is 0 Å². The van der Waals surface area contributed by atoms with Crippen LogP contribution in [-0.2, 0) is 0 Å². The van der Waals surface area contributed by atoms with Crippen molar-refractivity contribution in [2.24, 2.45) is 17.2 Å². The quantitative estimate of drug-likeness (QED) is 0.602. The smallest absolute Gasteiger partial charge is 0.115 e. The van der Waals surface area contributed by atoms with Gasteiger partial charge in [-0.05, 0) is 24.2 Å². The Labute approximate surface area is 96.6 Å². The lowest BCUT2D eigenvalue weighted by Gasteiger charge is -2.33. The second-order valence-electron chi connectivity index (χ2n) is 5.30. The summed E-state index contributed by atoms with van der Waals surface area (Å²) in [5.41, 5.74) is 4.36. The van der Waals surface area contributed by atoms with Crippen molar-refractivity contribution in [3.05, 3.63) is 24.3 Å². The molecule has 2 atom stereocenters. The summed E-state index contributed by atoms with van der Waals surface area (Å²) in [6.45, 7) is 4.64. The van der Waals surface area contributed by atoms with Crippen LogP contribution in [0, 0.1) is 11.3 Å². The van der Waals surface area contributed by atoms with Crippen molar-refractivity contribution in [2.45, 2.75) is 39.2 Å². The molecule has 16 heavy (non-hydrogen) atoms. The Kier molecular flexibility index (Phi) is 3.21. The van der Waals surface area contributed by atoms with Crippen molar-refractivity contribution in [1.82, 2.24) is 15.4 Å². The lowest BCUT2D eigenvalue weighted by molar-refractivity contribution is 0.198. The Hall–Kier alpha value is -1.00. The largest absolute Gasteiger partial charge is 0.271 e. The van der Waals surface area contributed by atoms with E-state index in [2.05, 4.69) is 29.2 Å². The number of nitrogens with one attached hydrogen (secondary N) is 1. The fourth-order valence-corrected chi connectivity index (χ4v) is 2.89. The molecule has 2 rings (SSSR count). The molecule has 2 unspecified atom stereocenters. The molecular weight excluding hydrogens is 200 g/mol. The molecule has 0 radical (unpaired) electrons. The maximum atomic E-state index is 5.70. The predicted octanol–water partition coefficient (Wildman–Crippen LogP) is 1.81. The number of aromatic nitrogens is 2. The zero-order valence-corrected chi connectivity index (χ0v) is 9.98. The highest BCUT2D eigenvalue weighted by Gasteiger charge is 2.39. The molecule has 0 saturated heterocycles. The van der Waals surface area contributed by atoms with Crippen molar-refractivity contribution in [3.8, 4) is 0 Å². The molecule has 1 saturated carbocycles. The third-order valence-electron chi connectivity index (χ3n) is 3.86. The lowest BCUT2D eigenvalue weighted by Crippen LogP contribution is -2.37. The molecule has 88 valence electrons. The summed E-state index contributed by atoms with van der Waals surface area (Å²) in [5, 5.41) is 0. The molecule has 1 aliphatic rings. The Bertz CT molecular complexity index is 336. The van der Waals surface area contributed by atoms with E-state index in [4.69, 9.17) is 5.84 Å². The van der Waals surface area contributed by atoms with Crippen LogP contribution >= 0.6 is 0 Å². The van der Waals surface area contributed by atoms with Crippen molar-refractivity contribution in [2.75, 3.05) is 0 Å². The maximum Gasteiger partial charge on any atom is 0.115 e. The first-order valence-electron chi connectivity index (χ1n) is 5.86. The molecule has 1 aromatic heterocycles. The maximum absolute atomic E-state index is 5.70. The predicted molar refractivity (Wildman–Crippen MR) is 63.2 cm³/mol. The highest BCUT2D eigenvalue weighted by molar-refractivity contribution is 5.12. The number of hydrazine groups is 1. The summed E-state index contributed by atoms with van der Waals surface area (Å²) in [7, 11) is 0.